The lowest BCUT2D eigenvalue weighted by Crippen LogP contribution is -2.57. The zero-order chi connectivity index (χ0) is 31.1. The first-order chi connectivity index (χ1) is 21.6. The minimum atomic E-state index is -4.81. The number of hydrogen-bond donors (Lipinski definition) is 2. The second-order valence-electron chi connectivity index (χ2n) is 13.0. The Morgan fingerprint density at radius 2 is 1.87 bits per heavy atom. The molecule has 8 nitrogen and oxygen atoms in total. The molecule has 0 amide bonds. The summed E-state index contributed by atoms with van der Waals surface area (Å²) >= 11 is 7.94. The van der Waals surface area contributed by atoms with Crippen LogP contribution in [0.2, 0.25) is 5.02 Å². The van der Waals surface area contributed by atoms with E-state index in [2.05, 4.69) is 24.5 Å². The van der Waals surface area contributed by atoms with Crippen molar-refractivity contribution in [1.29, 1.82) is 0 Å². The highest BCUT2D eigenvalue weighted by Gasteiger charge is 2.54. The number of rotatable bonds is 8. The molecule has 4 fully saturated rings. The van der Waals surface area contributed by atoms with Crippen molar-refractivity contribution in [1.82, 2.24) is 14.8 Å². The van der Waals surface area contributed by atoms with Crippen LogP contribution in [-0.2, 0) is 6.54 Å². The molecule has 2 saturated heterocycles. The number of ether oxygens (including phenoxy) is 1. The molecule has 1 spiro atoms. The number of para-hydroxylation sites is 1. The van der Waals surface area contributed by atoms with Crippen molar-refractivity contribution < 1.29 is 32.3 Å². The summed E-state index contributed by atoms with van der Waals surface area (Å²) in [6.45, 7) is 0.466. The standard InChI is InChI=1S/C32H30ClF3N4O4S/c33-23-9-21-26(45-39-28(21)30(41)42)10-24(23)40-18-7-8-19(40)14-31(13-18)11-17(12-31)37-15-22-27(38-44-29(22)16-5-6-16)20-3-1-2-4-25(20)43-32(34,35)36/h1-4,9-10,16-19,37H,5-8,11-15H2,(H,41,42). The summed E-state index contributed by atoms with van der Waals surface area (Å²) in [5.74, 6) is -0.339. The molecular weight excluding hydrogens is 629 g/mol. The molecule has 0 radical (unpaired) electrons. The van der Waals surface area contributed by atoms with Gasteiger partial charge < -0.3 is 24.6 Å². The van der Waals surface area contributed by atoms with E-state index in [1.165, 1.54) is 23.7 Å². The van der Waals surface area contributed by atoms with Crippen molar-refractivity contribution in [3.05, 3.63) is 58.4 Å². The Kier molecular flexibility index (Phi) is 6.85. The van der Waals surface area contributed by atoms with Crippen LogP contribution in [-0.4, -0.2) is 45.1 Å². The number of halogens is 4. The van der Waals surface area contributed by atoms with E-state index in [1.54, 1.807) is 18.2 Å². The third-order valence-electron chi connectivity index (χ3n) is 10.0. The van der Waals surface area contributed by atoms with Crippen molar-refractivity contribution in [2.24, 2.45) is 5.41 Å². The number of carboxylic acid groups (broad SMARTS) is 1. The summed E-state index contributed by atoms with van der Waals surface area (Å²) in [6, 6.07) is 10.8. The number of carbonyl (C=O) groups is 1. The number of aromatic nitrogens is 2. The number of anilines is 1. The molecule has 2 aromatic heterocycles. The molecule has 45 heavy (non-hydrogen) atoms. The fourth-order valence-corrected chi connectivity index (χ4v) is 9.14. The van der Waals surface area contributed by atoms with Crippen LogP contribution in [0, 0.1) is 5.41 Å². The Bertz CT molecular complexity index is 1780. The maximum absolute atomic E-state index is 13.1. The van der Waals surface area contributed by atoms with Crippen LogP contribution in [0.15, 0.2) is 40.9 Å². The first-order valence-electron chi connectivity index (χ1n) is 15.2. The minimum Gasteiger partial charge on any atom is -0.476 e. The van der Waals surface area contributed by atoms with Crippen LogP contribution in [0.4, 0.5) is 18.9 Å². The maximum Gasteiger partial charge on any atom is 0.573 e. The van der Waals surface area contributed by atoms with Gasteiger partial charge in [-0.2, -0.15) is 4.37 Å². The number of carboxylic acids is 1. The highest BCUT2D eigenvalue weighted by molar-refractivity contribution is 7.13. The van der Waals surface area contributed by atoms with Crippen molar-refractivity contribution in [3.63, 3.8) is 0 Å². The van der Waals surface area contributed by atoms with Gasteiger partial charge in [-0.05, 0) is 92.6 Å². The predicted molar refractivity (Wildman–Crippen MR) is 163 cm³/mol. The zero-order valence-electron chi connectivity index (χ0n) is 24.1. The molecule has 2 atom stereocenters. The van der Waals surface area contributed by atoms with Crippen molar-refractivity contribution >= 4 is 44.9 Å². The number of fused-ring (bicyclic) bond motifs is 3. The van der Waals surface area contributed by atoms with Gasteiger partial charge in [-0.3, -0.25) is 0 Å². The van der Waals surface area contributed by atoms with Crippen LogP contribution < -0.4 is 15.0 Å². The molecule has 2 aromatic carbocycles. The SMILES string of the molecule is O=C(O)c1nsc2cc(N3C4CCC3CC3(CC(NCc5c(-c6ccccc6OC(F)(F)F)noc5C5CC5)C3)C4)c(Cl)cc12. The Hall–Kier alpha value is -3.35. The van der Waals surface area contributed by atoms with Gasteiger partial charge in [0.1, 0.15) is 17.2 Å². The number of nitrogens with zero attached hydrogens (tertiary/aromatic N) is 3. The summed E-state index contributed by atoms with van der Waals surface area (Å²) < 4.78 is 54.4. The van der Waals surface area contributed by atoms with E-state index in [4.69, 9.17) is 16.1 Å². The van der Waals surface area contributed by atoms with Crippen LogP contribution in [0.5, 0.6) is 5.75 Å². The topological polar surface area (TPSA) is 101 Å². The first kappa shape index (κ1) is 29.1. The number of hydrogen-bond acceptors (Lipinski definition) is 8. The molecule has 4 aliphatic rings. The van der Waals surface area contributed by atoms with Gasteiger partial charge in [0, 0.05) is 47.1 Å². The van der Waals surface area contributed by atoms with E-state index in [0.29, 0.717) is 40.8 Å². The van der Waals surface area contributed by atoms with Crippen LogP contribution >= 0.6 is 23.1 Å². The Morgan fingerprint density at radius 1 is 1.13 bits per heavy atom. The largest absolute Gasteiger partial charge is 0.573 e. The van der Waals surface area contributed by atoms with Crippen molar-refractivity contribution in [2.75, 3.05) is 4.90 Å². The number of benzene rings is 2. The van der Waals surface area contributed by atoms with Crippen molar-refractivity contribution in [2.45, 2.75) is 88.3 Å². The molecule has 4 aromatic rings. The normalized spacial score (nSPS) is 26.0. The summed E-state index contributed by atoms with van der Waals surface area (Å²) in [6.07, 6.45) is 3.53. The monoisotopic (exact) mass is 658 g/mol. The lowest BCUT2D eigenvalue weighted by atomic mass is 9.58. The average Bonchev–Trinajstić information content (AvgIpc) is 3.50. The molecule has 2 aliphatic carbocycles. The Morgan fingerprint density at radius 3 is 2.56 bits per heavy atom. The fourth-order valence-electron chi connectivity index (χ4n) is 8.09. The van der Waals surface area contributed by atoms with E-state index in [0.717, 1.165) is 73.1 Å². The van der Waals surface area contributed by atoms with Crippen LogP contribution in [0.25, 0.3) is 21.3 Å². The maximum atomic E-state index is 13.1. The van der Waals surface area contributed by atoms with Crippen LogP contribution in [0.1, 0.15) is 79.1 Å². The van der Waals surface area contributed by atoms with Crippen molar-refractivity contribution in [3.8, 4) is 17.0 Å². The molecule has 2 bridgehead atoms. The van der Waals surface area contributed by atoms with Gasteiger partial charge in [0.05, 0.1) is 15.4 Å². The summed E-state index contributed by atoms with van der Waals surface area (Å²) in [5, 5.41) is 18.5. The number of piperidine rings is 1. The van der Waals surface area contributed by atoms with E-state index in [9.17, 15) is 23.1 Å². The summed E-state index contributed by atoms with van der Waals surface area (Å²) in [4.78, 5) is 14.0. The second-order valence-corrected chi connectivity index (χ2v) is 14.2. The third kappa shape index (κ3) is 5.24. The highest BCUT2D eigenvalue weighted by Crippen LogP contribution is 2.58. The molecule has 8 rings (SSSR count). The molecule has 4 heterocycles. The average molecular weight is 659 g/mol. The van der Waals surface area contributed by atoms with Gasteiger partial charge in [-0.1, -0.05) is 28.9 Å². The van der Waals surface area contributed by atoms with Gasteiger partial charge >= 0.3 is 12.3 Å². The molecule has 2 aliphatic heterocycles. The van der Waals surface area contributed by atoms with Gasteiger partial charge in [-0.25, -0.2) is 4.79 Å². The third-order valence-corrected chi connectivity index (χ3v) is 11.1. The van der Waals surface area contributed by atoms with E-state index < -0.39 is 12.3 Å². The molecule has 2 N–H and O–H groups in total. The highest BCUT2D eigenvalue weighted by atomic mass is 35.5. The Labute approximate surface area is 265 Å². The lowest BCUT2D eigenvalue weighted by molar-refractivity contribution is -0.274. The lowest BCUT2D eigenvalue weighted by Gasteiger charge is -2.56. The minimum absolute atomic E-state index is 0.0402. The zero-order valence-corrected chi connectivity index (χ0v) is 25.6. The Balaban J connectivity index is 0.964. The fraction of sp³-hybridized carbons (Fsp3) is 0.469. The molecule has 236 valence electrons. The van der Waals surface area contributed by atoms with Gasteiger partial charge in [-0.15, -0.1) is 13.2 Å². The smallest absolute Gasteiger partial charge is 0.476 e. The van der Waals surface area contributed by atoms with E-state index >= 15 is 0 Å². The van der Waals surface area contributed by atoms with E-state index in [1.807, 2.05) is 6.07 Å². The molecule has 2 saturated carbocycles. The van der Waals surface area contributed by atoms with Gasteiger partial charge in [0.15, 0.2) is 5.69 Å². The molecule has 13 heteroatoms. The summed E-state index contributed by atoms with van der Waals surface area (Å²) in [7, 11) is 0. The quantitative estimate of drug-likeness (QED) is 0.196. The van der Waals surface area contributed by atoms with Crippen LogP contribution in [0.3, 0.4) is 0 Å². The number of nitrogens with one attached hydrogen (secondary N) is 1. The molecule has 2 unspecified atom stereocenters. The molecular formula is C32H30ClF3N4O4S. The van der Waals surface area contributed by atoms with Gasteiger partial charge in [0.2, 0.25) is 0 Å². The predicted octanol–water partition coefficient (Wildman–Crippen LogP) is 8.15. The number of aromatic carboxylic acids is 1. The first-order valence-corrected chi connectivity index (χ1v) is 16.4. The summed E-state index contributed by atoms with van der Waals surface area (Å²) in [5.41, 5.74) is 2.72. The van der Waals surface area contributed by atoms with Gasteiger partial charge in [0.25, 0.3) is 0 Å². The van der Waals surface area contributed by atoms with E-state index in [-0.39, 0.29) is 28.3 Å². The second kappa shape index (κ2) is 10.6. The number of alkyl halides is 3.